The van der Waals surface area contributed by atoms with Gasteiger partial charge >= 0.3 is 0 Å². The Bertz CT molecular complexity index is 418. The minimum Gasteiger partial charge on any atom is -0.385 e. The normalized spacial score (nSPS) is 37.4. The lowest BCUT2D eigenvalue weighted by Gasteiger charge is -2.42. The summed E-state index contributed by atoms with van der Waals surface area (Å²) in [6, 6.07) is 3.07. The zero-order valence-corrected chi connectivity index (χ0v) is 10.6. The zero-order valence-electron chi connectivity index (χ0n) is 10.6. The van der Waals surface area contributed by atoms with Gasteiger partial charge in [0, 0.05) is 30.0 Å². The first kappa shape index (κ1) is 11.2. The van der Waals surface area contributed by atoms with Gasteiger partial charge in [-0.15, -0.1) is 0 Å². The maximum absolute atomic E-state index is 11.0. The Morgan fingerprint density at radius 1 is 1.35 bits per heavy atom. The van der Waals surface area contributed by atoms with E-state index >= 15 is 0 Å². The van der Waals surface area contributed by atoms with Crippen molar-refractivity contribution in [2.75, 3.05) is 7.05 Å². The fourth-order valence-electron chi connectivity index (χ4n) is 3.62. The molecule has 17 heavy (non-hydrogen) atoms. The van der Waals surface area contributed by atoms with Crippen molar-refractivity contribution >= 4 is 0 Å². The van der Waals surface area contributed by atoms with Crippen LogP contribution in [0.25, 0.3) is 0 Å². The number of fused-ring (bicyclic) bond motifs is 2. The van der Waals surface area contributed by atoms with E-state index in [1.807, 2.05) is 12.3 Å². The molecule has 0 aromatic carbocycles. The lowest BCUT2D eigenvalue weighted by molar-refractivity contribution is -0.0499. The molecule has 2 aliphatic heterocycles. The summed E-state index contributed by atoms with van der Waals surface area (Å²) in [5.74, 6) is 0. The van der Waals surface area contributed by atoms with Gasteiger partial charge in [-0.1, -0.05) is 0 Å². The Morgan fingerprint density at radius 3 is 2.59 bits per heavy atom. The van der Waals surface area contributed by atoms with Crippen molar-refractivity contribution in [3.63, 3.8) is 0 Å². The summed E-state index contributed by atoms with van der Waals surface area (Å²) >= 11 is 0. The molecule has 3 heteroatoms. The molecule has 0 radical (unpaired) electrons. The molecule has 1 aromatic rings. The summed E-state index contributed by atoms with van der Waals surface area (Å²) in [4.78, 5) is 6.63. The van der Waals surface area contributed by atoms with Gasteiger partial charge in [0.05, 0.1) is 5.60 Å². The molecule has 1 N–H and O–H groups in total. The molecular formula is C14H20N2O. The average Bonchev–Trinajstić information content (AvgIpc) is 2.53. The molecule has 3 heterocycles. The van der Waals surface area contributed by atoms with Crippen LogP contribution in [0.1, 0.15) is 36.8 Å². The van der Waals surface area contributed by atoms with Gasteiger partial charge in [0.2, 0.25) is 0 Å². The van der Waals surface area contributed by atoms with Crippen LogP contribution >= 0.6 is 0 Å². The Balaban J connectivity index is 1.96. The van der Waals surface area contributed by atoms with E-state index in [0.717, 1.165) is 24.0 Å². The molecule has 92 valence electrons. The van der Waals surface area contributed by atoms with E-state index < -0.39 is 5.60 Å². The van der Waals surface area contributed by atoms with Crippen LogP contribution in [0.2, 0.25) is 0 Å². The zero-order chi connectivity index (χ0) is 12.0. The monoisotopic (exact) mass is 232 g/mol. The third-order valence-corrected chi connectivity index (χ3v) is 4.67. The van der Waals surface area contributed by atoms with Crippen LogP contribution in [-0.4, -0.2) is 34.1 Å². The summed E-state index contributed by atoms with van der Waals surface area (Å²) in [5, 5.41) is 11.0. The standard InChI is InChI=1S/C14H20N2O/c1-10-5-6-15-9-13(10)14(17)7-11-3-4-12(8-14)16(11)2/h5-6,9,11-12,17H,3-4,7-8H2,1-2H3. The van der Waals surface area contributed by atoms with E-state index in [0.29, 0.717) is 12.1 Å². The van der Waals surface area contributed by atoms with Crippen molar-refractivity contribution in [3.05, 3.63) is 29.6 Å². The summed E-state index contributed by atoms with van der Waals surface area (Å²) < 4.78 is 0. The third-order valence-electron chi connectivity index (χ3n) is 4.67. The second-order valence-electron chi connectivity index (χ2n) is 5.68. The van der Waals surface area contributed by atoms with Crippen LogP contribution in [-0.2, 0) is 5.60 Å². The molecule has 2 fully saturated rings. The number of aryl methyl sites for hydroxylation is 1. The molecule has 2 aliphatic rings. The number of nitrogens with zero attached hydrogens (tertiary/aromatic N) is 2. The van der Waals surface area contributed by atoms with E-state index in [2.05, 4.69) is 23.9 Å². The number of hydrogen-bond acceptors (Lipinski definition) is 3. The third kappa shape index (κ3) is 1.69. The minimum absolute atomic E-state index is 0.540. The Labute approximate surface area is 102 Å². The van der Waals surface area contributed by atoms with E-state index in [4.69, 9.17) is 0 Å². The SMILES string of the molecule is Cc1ccncc1C1(O)CC2CCC(C1)N2C. The molecular weight excluding hydrogens is 212 g/mol. The first-order chi connectivity index (χ1) is 8.10. The molecule has 0 aliphatic carbocycles. The largest absolute Gasteiger partial charge is 0.385 e. The van der Waals surface area contributed by atoms with Gasteiger partial charge in [-0.3, -0.25) is 4.98 Å². The molecule has 0 amide bonds. The number of aromatic nitrogens is 1. The van der Waals surface area contributed by atoms with E-state index in [-0.39, 0.29) is 0 Å². The van der Waals surface area contributed by atoms with E-state index in [1.165, 1.54) is 12.8 Å². The topological polar surface area (TPSA) is 36.4 Å². The van der Waals surface area contributed by atoms with Gasteiger partial charge in [0.15, 0.2) is 0 Å². The molecule has 0 spiro atoms. The fourth-order valence-corrected chi connectivity index (χ4v) is 3.62. The quantitative estimate of drug-likeness (QED) is 0.802. The number of aliphatic hydroxyl groups is 1. The first-order valence-corrected chi connectivity index (χ1v) is 6.45. The summed E-state index contributed by atoms with van der Waals surface area (Å²) in [5.41, 5.74) is 1.54. The predicted octanol–water partition coefficient (Wildman–Crippen LogP) is 1.83. The van der Waals surface area contributed by atoms with Gasteiger partial charge in [0.1, 0.15) is 0 Å². The number of piperidine rings is 1. The van der Waals surface area contributed by atoms with Crippen LogP contribution in [0.5, 0.6) is 0 Å². The van der Waals surface area contributed by atoms with Crippen molar-refractivity contribution in [2.24, 2.45) is 0 Å². The van der Waals surface area contributed by atoms with Crippen LogP contribution < -0.4 is 0 Å². The highest BCUT2D eigenvalue weighted by Crippen LogP contribution is 2.45. The lowest BCUT2D eigenvalue weighted by atomic mass is 9.80. The van der Waals surface area contributed by atoms with Crippen LogP contribution in [0.15, 0.2) is 18.5 Å². The highest BCUT2D eigenvalue weighted by Gasteiger charge is 2.47. The predicted molar refractivity (Wildman–Crippen MR) is 66.7 cm³/mol. The highest BCUT2D eigenvalue weighted by molar-refractivity contribution is 5.29. The molecule has 0 saturated carbocycles. The summed E-state index contributed by atoms with van der Waals surface area (Å²) in [6.45, 7) is 2.06. The lowest BCUT2D eigenvalue weighted by Crippen LogP contribution is -2.47. The number of pyridine rings is 1. The first-order valence-electron chi connectivity index (χ1n) is 6.45. The van der Waals surface area contributed by atoms with Gasteiger partial charge in [-0.25, -0.2) is 0 Å². The Kier molecular flexibility index (Phi) is 2.49. The second kappa shape index (κ2) is 3.79. The number of hydrogen-bond donors (Lipinski definition) is 1. The molecule has 3 rings (SSSR count). The average molecular weight is 232 g/mol. The van der Waals surface area contributed by atoms with Crippen molar-refractivity contribution in [3.8, 4) is 0 Å². The molecule has 2 atom stereocenters. The molecule has 2 saturated heterocycles. The number of rotatable bonds is 1. The molecule has 1 aromatic heterocycles. The van der Waals surface area contributed by atoms with Crippen molar-refractivity contribution < 1.29 is 5.11 Å². The van der Waals surface area contributed by atoms with Crippen molar-refractivity contribution in [1.82, 2.24) is 9.88 Å². The van der Waals surface area contributed by atoms with Crippen molar-refractivity contribution in [1.29, 1.82) is 0 Å². The highest BCUT2D eigenvalue weighted by atomic mass is 16.3. The maximum Gasteiger partial charge on any atom is 0.0943 e. The van der Waals surface area contributed by atoms with Gasteiger partial charge in [-0.2, -0.15) is 0 Å². The summed E-state index contributed by atoms with van der Waals surface area (Å²) in [7, 11) is 2.19. The Hall–Kier alpha value is -0.930. The summed E-state index contributed by atoms with van der Waals surface area (Å²) in [6.07, 6.45) is 7.80. The van der Waals surface area contributed by atoms with E-state index in [1.54, 1.807) is 6.20 Å². The molecule has 3 nitrogen and oxygen atoms in total. The van der Waals surface area contributed by atoms with Crippen LogP contribution in [0.4, 0.5) is 0 Å². The van der Waals surface area contributed by atoms with Crippen LogP contribution in [0, 0.1) is 6.92 Å². The van der Waals surface area contributed by atoms with Gasteiger partial charge in [0.25, 0.3) is 0 Å². The van der Waals surface area contributed by atoms with Crippen LogP contribution in [0.3, 0.4) is 0 Å². The fraction of sp³-hybridized carbons (Fsp3) is 0.643. The van der Waals surface area contributed by atoms with Crippen molar-refractivity contribution in [2.45, 2.75) is 50.3 Å². The molecule has 2 bridgehead atoms. The minimum atomic E-state index is -0.656. The maximum atomic E-state index is 11.0. The second-order valence-corrected chi connectivity index (χ2v) is 5.68. The Morgan fingerprint density at radius 2 is 2.00 bits per heavy atom. The molecule has 2 unspecified atom stereocenters. The van der Waals surface area contributed by atoms with Gasteiger partial charge < -0.3 is 10.0 Å². The van der Waals surface area contributed by atoms with E-state index in [9.17, 15) is 5.11 Å². The smallest absolute Gasteiger partial charge is 0.0943 e. The van der Waals surface area contributed by atoms with Gasteiger partial charge in [-0.05, 0) is 51.3 Å².